The van der Waals surface area contributed by atoms with E-state index in [0.717, 1.165) is 17.0 Å². The summed E-state index contributed by atoms with van der Waals surface area (Å²) < 4.78 is 12.1. The summed E-state index contributed by atoms with van der Waals surface area (Å²) in [5.41, 5.74) is 1.22. The molecule has 0 aliphatic rings. The highest BCUT2D eigenvalue weighted by Gasteiger charge is 2.10. The average molecular weight is 316 g/mol. The number of thiophene rings is 1. The molecule has 3 rings (SSSR count). The number of hydrogen-bond acceptors (Lipinski definition) is 5. The van der Waals surface area contributed by atoms with Crippen LogP contribution < -0.4 is 10.5 Å². The van der Waals surface area contributed by atoms with Gasteiger partial charge in [0.2, 0.25) is 0 Å². The van der Waals surface area contributed by atoms with Crippen LogP contribution in [0.3, 0.4) is 0 Å². The fourth-order valence-corrected chi connectivity index (χ4v) is 2.70. The predicted octanol–water partition coefficient (Wildman–Crippen LogP) is 3.21. The minimum Gasteiger partial charge on any atom is -0.492 e. The van der Waals surface area contributed by atoms with Crippen molar-refractivity contribution in [2.75, 3.05) is 6.61 Å². The molecule has 0 aliphatic heterocycles. The van der Waals surface area contributed by atoms with Gasteiger partial charge in [-0.3, -0.25) is 0 Å². The molecule has 0 fully saturated rings. The molecule has 0 spiro atoms. The SMILES string of the molecule is CCc1cccc(OCCn2nc(-c3cccs3)oc2=O)c1. The second-order valence-electron chi connectivity index (χ2n) is 4.72. The van der Waals surface area contributed by atoms with Gasteiger partial charge in [0.05, 0.1) is 11.4 Å². The Bertz CT molecular complexity index is 790. The van der Waals surface area contributed by atoms with Gasteiger partial charge in [-0.05, 0) is 35.6 Å². The van der Waals surface area contributed by atoms with Crippen molar-refractivity contribution in [3.05, 3.63) is 57.9 Å². The van der Waals surface area contributed by atoms with E-state index in [4.69, 9.17) is 9.15 Å². The molecule has 0 unspecified atom stereocenters. The zero-order valence-corrected chi connectivity index (χ0v) is 13.0. The maximum atomic E-state index is 11.8. The Morgan fingerprint density at radius 3 is 3.00 bits per heavy atom. The van der Waals surface area contributed by atoms with E-state index in [1.54, 1.807) is 0 Å². The maximum absolute atomic E-state index is 11.8. The third-order valence-corrected chi connectivity index (χ3v) is 4.07. The summed E-state index contributed by atoms with van der Waals surface area (Å²) in [5, 5.41) is 6.10. The lowest BCUT2D eigenvalue weighted by molar-refractivity contribution is 0.285. The number of nitrogens with zero attached hydrogens (tertiary/aromatic N) is 2. The van der Waals surface area contributed by atoms with Gasteiger partial charge in [0.15, 0.2) is 0 Å². The molecule has 1 aromatic carbocycles. The van der Waals surface area contributed by atoms with Crippen LogP contribution in [0.4, 0.5) is 0 Å². The van der Waals surface area contributed by atoms with Crippen LogP contribution in [0, 0.1) is 0 Å². The Kier molecular flexibility index (Phi) is 4.39. The van der Waals surface area contributed by atoms with Crippen molar-refractivity contribution in [3.8, 4) is 16.5 Å². The first-order valence-electron chi connectivity index (χ1n) is 7.10. The van der Waals surface area contributed by atoms with Gasteiger partial charge in [0.25, 0.3) is 5.89 Å². The van der Waals surface area contributed by atoms with Crippen molar-refractivity contribution >= 4 is 11.3 Å². The van der Waals surface area contributed by atoms with Gasteiger partial charge in [-0.15, -0.1) is 16.4 Å². The standard InChI is InChI=1S/C16H16N2O3S/c1-2-12-5-3-6-13(11-12)20-9-8-18-16(19)21-15(17-18)14-7-4-10-22-14/h3-7,10-11H,2,8-9H2,1H3. The van der Waals surface area contributed by atoms with E-state index in [-0.39, 0.29) is 0 Å². The summed E-state index contributed by atoms with van der Waals surface area (Å²) in [5.74, 6) is 0.691. The Morgan fingerprint density at radius 2 is 2.23 bits per heavy atom. The highest BCUT2D eigenvalue weighted by Crippen LogP contribution is 2.21. The number of rotatable bonds is 6. The Hall–Kier alpha value is -2.34. The average Bonchev–Trinajstić information content (AvgIpc) is 3.18. The van der Waals surface area contributed by atoms with Crippen molar-refractivity contribution in [1.82, 2.24) is 9.78 Å². The third kappa shape index (κ3) is 3.28. The van der Waals surface area contributed by atoms with Gasteiger partial charge < -0.3 is 9.15 Å². The molecule has 3 aromatic rings. The summed E-state index contributed by atoms with van der Waals surface area (Å²) in [6, 6.07) is 11.7. The molecule has 2 aromatic heterocycles. The number of aryl methyl sites for hydroxylation is 1. The Labute approximate surface area is 131 Å². The van der Waals surface area contributed by atoms with Crippen LogP contribution in [-0.4, -0.2) is 16.4 Å². The first kappa shape index (κ1) is 14.6. The zero-order chi connectivity index (χ0) is 15.4. The topological polar surface area (TPSA) is 57.3 Å². The zero-order valence-electron chi connectivity index (χ0n) is 12.2. The molecule has 0 radical (unpaired) electrons. The fourth-order valence-electron chi connectivity index (χ4n) is 2.05. The molecular weight excluding hydrogens is 300 g/mol. The van der Waals surface area contributed by atoms with E-state index in [0.29, 0.717) is 19.0 Å². The van der Waals surface area contributed by atoms with Crippen molar-refractivity contribution in [2.24, 2.45) is 0 Å². The lowest BCUT2D eigenvalue weighted by Crippen LogP contribution is -2.20. The quantitative estimate of drug-likeness (QED) is 0.701. The van der Waals surface area contributed by atoms with E-state index >= 15 is 0 Å². The molecule has 2 heterocycles. The molecule has 0 bridgehead atoms. The number of ether oxygens (including phenoxy) is 1. The minimum atomic E-state index is -0.464. The van der Waals surface area contributed by atoms with Crippen LogP contribution in [0.15, 0.2) is 51.0 Å². The van der Waals surface area contributed by atoms with Gasteiger partial charge >= 0.3 is 5.76 Å². The molecule has 0 aliphatic carbocycles. The van der Waals surface area contributed by atoms with E-state index in [2.05, 4.69) is 18.1 Å². The third-order valence-electron chi connectivity index (χ3n) is 3.22. The first-order chi connectivity index (χ1) is 10.8. The number of benzene rings is 1. The molecule has 0 N–H and O–H groups in total. The summed E-state index contributed by atoms with van der Waals surface area (Å²) in [4.78, 5) is 12.6. The van der Waals surface area contributed by atoms with Crippen LogP contribution in [0.1, 0.15) is 12.5 Å². The lowest BCUT2D eigenvalue weighted by atomic mass is 10.2. The number of aromatic nitrogens is 2. The van der Waals surface area contributed by atoms with Crippen LogP contribution in [0.25, 0.3) is 10.8 Å². The maximum Gasteiger partial charge on any atom is 0.437 e. The normalized spacial score (nSPS) is 10.8. The van der Waals surface area contributed by atoms with Crippen molar-refractivity contribution in [1.29, 1.82) is 0 Å². The summed E-state index contributed by atoms with van der Waals surface area (Å²) in [7, 11) is 0. The highest BCUT2D eigenvalue weighted by atomic mass is 32.1. The van der Waals surface area contributed by atoms with Gasteiger partial charge in [-0.1, -0.05) is 25.1 Å². The summed E-state index contributed by atoms with van der Waals surface area (Å²) in [6.07, 6.45) is 0.962. The van der Waals surface area contributed by atoms with Crippen molar-refractivity contribution < 1.29 is 9.15 Å². The molecule has 0 saturated heterocycles. The van der Waals surface area contributed by atoms with Crippen LogP contribution in [-0.2, 0) is 13.0 Å². The van der Waals surface area contributed by atoms with Crippen LogP contribution >= 0.6 is 11.3 Å². The minimum absolute atomic E-state index is 0.351. The Balaban J connectivity index is 1.63. The van der Waals surface area contributed by atoms with Gasteiger partial charge in [-0.2, -0.15) is 4.68 Å². The van der Waals surface area contributed by atoms with Gasteiger partial charge in [-0.25, -0.2) is 4.79 Å². The molecule has 114 valence electrons. The molecule has 0 amide bonds. The van der Waals surface area contributed by atoms with E-state index in [9.17, 15) is 4.79 Å². The van der Waals surface area contributed by atoms with E-state index in [1.165, 1.54) is 21.6 Å². The second kappa shape index (κ2) is 6.62. The smallest absolute Gasteiger partial charge is 0.437 e. The molecular formula is C16H16N2O3S. The molecule has 0 atom stereocenters. The number of hydrogen-bond donors (Lipinski definition) is 0. The van der Waals surface area contributed by atoms with E-state index < -0.39 is 5.76 Å². The van der Waals surface area contributed by atoms with Gasteiger partial charge in [0.1, 0.15) is 12.4 Å². The van der Waals surface area contributed by atoms with Gasteiger partial charge in [0, 0.05) is 0 Å². The molecule has 22 heavy (non-hydrogen) atoms. The van der Waals surface area contributed by atoms with Crippen LogP contribution in [0.2, 0.25) is 0 Å². The largest absolute Gasteiger partial charge is 0.492 e. The predicted molar refractivity (Wildman–Crippen MR) is 85.4 cm³/mol. The summed E-state index contributed by atoms with van der Waals surface area (Å²) in [6.45, 7) is 2.81. The highest BCUT2D eigenvalue weighted by molar-refractivity contribution is 7.13. The van der Waals surface area contributed by atoms with Crippen molar-refractivity contribution in [2.45, 2.75) is 19.9 Å². The first-order valence-corrected chi connectivity index (χ1v) is 7.98. The molecule has 6 heteroatoms. The Morgan fingerprint density at radius 1 is 1.32 bits per heavy atom. The molecule has 0 saturated carbocycles. The monoisotopic (exact) mass is 316 g/mol. The fraction of sp³-hybridized carbons (Fsp3) is 0.250. The molecule has 5 nitrogen and oxygen atoms in total. The second-order valence-corrected chi connectivity index (χ2v) is 5.67. The lowest BCUT2D eigenvalue weighted by Gasteiger charge is -2.06. The van der Waals surface area contributed by atoms with Crippen LogP contribution in [0.5, 0.6) is 5.75 Å². The summed E-state index contributed by atoms with van der Waals surface area (Å²) >= 11 is 1.48. The van der Waals surface area contributed by atoms with E-state index in [1.807, 2.05) is 35.7 Å². The van der Waals surface area contributed by atoms with Crippen molar-refractivity contribution in [3.63, 3.8) is 0 Å².